The lowest BCUT2D eigenvalue weighted by atomic mass is 9.94. The molecule has 0 aromatic rings. The molecule has 2 amide bonds. The third kappa shape index (κ3) is 3.74. The van der Waals surface area contributed by atoms with Crippen molar-refractivity contribution in [1.29, 1.82) is 0 Å². The van der Waals surface area contributed by atoms with Gasteiger partial charge in [0, 0.05) is 12.6 Å². The van der Waals surface area contributed by atoms with Gasteiger partial charge in [-0.15, -0.1) is 0 Å². The molecule has 0 heterocycles. The van der Waals surface area contributed by atoms with Gasteiger partial charge in [0.2, 0.25) is 11.8 Å². The molecule has 2 aliphatic carbocycles. The van der Waals surface area contributed by atoms with Crippen molar-refractivity contribution in [2.45, 2.75) is 77.2 Å². The first kappa shape index (κ1) is 15.3. The van der Waals surface area contributed by atoms with Crippen LogP contribution in [0.15, 0.2) is 0 Å². The lowest BCUT2D eigenvalue weighted by Crippen LogP contribution is -2.47. The summed E-state index contributed by atoms with van der Waals surface area (Å²) in [6.45, 7) is 2.84. The molecular formula is C16H28N2O2. The zero-order chi connectivity index (χ0) is 14.4. The quantitative estimate of drug-likeness (QED) is 0.556. The number of nitrogens with one attached hydrogen (secondary N) is 2. The van der Waals surface area contributed by atoms with Gasteiger partial charge in [-0.2, -0.15) is 0 Å². The summed E-state index contributed by atoms with van der Waals surface area (Å²) in [6.07, 6.45) is 10.5. The maximum absolute atomic E-state index is 12.4. The van der Waals surface area contributed by atoms with Crippen molar-refractivity contribution < 1.29 is 9.59 Å². The van der Waals surface area contributed by atoms with Crippen molar-refractivity contribution in [2.24, 2.45) is 5.41 Å². The van der Waals surface area contributed by atoms with Crippen LogP contribution < -0.4 is 10.6 Å². The fourth-order valence-electron chi connectivity index (χ4n) is 3.00. The van der Waals surface area contributed by atoms with Crippen LogP contribution in [0.4, 0.5) is 0 Å². The molecule has 0 saturated heterocycles. The van der Waals surface area contributed by atoms with Crippen LogP contribution in [0.1, 0.15) is 71.1 Å². The molecule has 0 bridgehead atoms. The molecule has 0 aromatic carbocycles. The number of rotatable bonds is 7. The van der Waals surface area contributed by atoms with E-state index in [1.165, 1.54) is 19.3 Å². The normalized spacial score (nSPS) is 21.2. The van der Waals surface area contributed by atoms with E-state index < -0.39 is 5.41 Å². The van der Waals surface area contributed by atoms with E-state index in [9.17, 15) is 9.59 Å². The van der Waals surface area contributed by atoms with Crippen LogP contribution in [0.2, 0.25) is 0 Å². The summed E-state index contributed by atoms with van der Waals surface area (Å²) in [7, 11) is 0. The minimum Gasteiger partial charge on any atom is -0.355 e. The number of amides is 2. The summed E-state index contributed by atoms with van der Waals surface area (Å²) < 4.78 is 0. The highest BCUT2D eigenvalue weighted by atomic mass is 16.2. The second-order valence-electron chi connectivity index (χ2n) is 6.35. The molecule has 20 heavy (non-hydrogen) atoms. The number of hydrogen-bond donors (Lipinski definition) is 2. The van der Waals surface area contributed by atoms with Gasteiger partial charge in [0.1, 0.15) is 5.41 Å². The van der Waals surface area contributed by atoms with E-state index in [0.717, 1.165) is 32.1 Å². The van der Waals surface area contributed by atoms with Gasteiger partial charge in [0.05, 0.1) is 0 Å². The number of unbranched alkanes of at least 4 members (excludes halogenated alkanes) is 2. The first-order valence-corrected chi connectivity index (χ1v) is 8.28. The lowest BCUT2D eigenvalue weighted by Gasteiger charge is -2.25. The third-order valence-electron chi connectivity index (χ3n) is 4.63. The van der Waals surface area contributed by atoms with Crippen LogP contribution in [0, 0.1) is 5.41 Å². The molecule has 0 aliphatic heterocycles. The standard InChI is InChI=1S/C16H28N2O2/c1-2-3-7-12-17-14(19)16(10-11-16)15(20)18-13-8-5-4-6-9-13/h13H,2-12H2,1H3,(H,17,19)(H,18,20). The molecule has 4 nitrogen and oxygen atoms in total. The first-order chi connectivity index (χ1) is 9.69. The Labute approximate surface area is 122 Å². The Morgan fingerprint density at radius 1 is 1.05 bits per heavy atom. The average molecular weight is 280 g/mol. The second kappa shape index (κ2) is 7.09. The van der Waals surface area contributed by atoms with Crippen molar-refractivity contribution >= 4 is 11.8 Å². The van der Waals surface area contributed by atoms with Crippen molar-refractivity contribution in [1.82, 2.24) is 10.6 Å². The van der Waals surface area contributed by atoms with Gasteiger partial charge in [-0.3, -0.25) is 9.59 Å². The highest BCUT2D eigenvalue weighted by Crippen LogP contribution is 2.46. The fourth-order valence-corrected chi connectivity index (χ4v) is 3.00. The molecule has 2 saturated carbocycles. The molecule has 0 spiro atoms. The van der Waals surface area contributed by atoms with Gasteiger partial charge < -0.3 is 10.6 Å². The van der Waals surface area contributed by atoms with E-state index in [1.54, 1.807) is 0 Å². The summed E-state index contributed by atoms with van der Waals surface area (Å²) in [5.41, 5.74) is -0.732. The number of carbonyl (C=O) groups excluding carboxylic acids is 2. The maximum Gasteiger partial charge on any atom is 0.235 e. The number of carbonyl (C=O) groups is 2. The van der Waals surface area contributed by atoms with Gasteiger partial charge in [0.15, 0.2) is 0 Å². The summed E-state index contributed by atoms with van der Waals surface area (Å²) in [5.74, 6) is -0.0840. The Bertz CT molecular complexity index is 344. The molecule has 2 rings (SSSR count). The summed E-state index contributed by atoms with van der Waals surface area (Å²) in [6, 6.07) is 0.293. The lowest BCUT2D eigenvalue weighted by molar-refractivity contribution is -0.137. The molecule has 114 valence electrons. The van der Waals surface area contributed by atoms with Crippen molar-refractivity contribution in [2.75, 3.05) is 6.54 Å². The molecular weight excluding hydrogens is 252 g/mol. The van der Waals surface area contributed by atoms with E-state index in [-0.39, 0.29) is 11.8 Å². The highest BCUT2D eigenvalue weighted by Gasteiger charge is 2.56. The van der Waals surface area contributed by atoms with Crippen LogP contribution in [0.5, 0.6) is 0 Å². The van der Waals surface area contributed by atoms with Gasteiger partial charge in [0.25, 0.3) is 0 Å². The maximum atomic E-state index is 12.4. The zero-order valence-corrected chi connectivity index (χ0v) is 12.7. The molecule has 2 N–H and O–H groups in total. The topological polar surface area (TPSA) is 58.2 Å². The Morgan fingerprint density at radius 3 is 2.35 bits per heavy atom. The number of hydrogen-bond acceptors (Lipinski definition) is 2. The molecule has 0 aromatic heterocycles. The van der Waals surface area contributed by atoms with Crippen LogP contribution in [0.25, 0.3) is 0 Å². The second-order valence-corrected chi connectivity index (χ2v) is 6.35. The van der Waals surface area contributed by atoms with Crippen LogP contribution >= 0.6 is 0 Å². The van der Waals surface area contributed by atoms with E-state index in [0.29, 0.717) is 25.4 Å². The zero-order valence-electron chi connectivity index (χ0n) is 12.7. The molecule has 2 aliphatic rings. The van der Waals surface area contributed by atoms with Gasteiger partial charge in [-0.1, -0.05) is 39.0 Å². The van der Waals surface area contributed by atoms with Crippen LogP contribution in [-0.4, -0.2) is 24.4 Å². The SMILES string of the molecule is CCCCCNC(=O)C1(C(=O)NC2CCCCC2)CC1. The molecule has 0 atom stereocenters. The monoisotopic (exact) mass is 280 g/mol. The molecule has 2 fully saturated rings. The Hall–Kier alpha value is -1.06. The fraction of sp³-hybridized carbons (Fsp3) is 0.875. The van der Waals surface area contributed by atoms with Crippen molar-refractivity contribution in [3.63, 3.8) is 0 Å². The smallest absolute Gasteiger partial charge is 0.235 e. The van der Waals surface area contributed by atoms with Crippen LogP contribution in [0.3, 0.4) is 0 Å². The predicted molar refractivity (Wildman–Crippen MR) is 79.2 cm³/mol. The van der Waals surface area contributed by atoms with E-state index >= 15 is 0 Å². The van der Waals surface area contributed by atoms with Crippen molar-refractivity contribution in [3.8, 4) is 0 Å². The molecule has 0 unspecified atom stereocenters. The molecule has 4 heteroatoms. The largest absolute Gasteiger partial charge is 0.355 e. The minimum absolute atomic E-state index is 0.0302. The predicted octanol–water partition coefficient (Wildman–Crippen LogP) is 2.52. The first-order valence-electron chi connectivity index (χ1n) is 8.28. The minimum atomic E-state index is -0.732. The average Bonchev–Trinajstić information content (AvgIpc) is 3.26. The molecule has 0 radical (unpaired) electrons. The highest BCUT2D eigenvalue weighted by molar-refractivity contribution is 6.07. The Kier molecular flexibility index (Phi) is 5.44. The van der Waals surface area contributed by atoms with E-state index in [1.807, 2.05) is 0 Å². The van der Waals surface area contributed by atoms with Crippen molar-refractivity contribution in [3.05, 3.63) is 0 Å². The Morgan fingerprint density at radius 2 is 1.75 bits per heavy atom. The Balaban J connectivity index is 1.77. The van der Waals surface area contributed by atoms with Gasteiger partial charge >= 0.3 is 0 Å². The summed E-state index contributed by atoms with van der Waals surface area (Å²) in [4.78, 5) is 24.6. The third-order valence-corrected chi connectivity index (χ3v) is 4.63. The van der Waals surface area contributed by atoms with E-state index in [2.05, 4.69) is 17.6 Å². The summed E-state index contributed by atoms with van der Waals surface area (Å²) >= 11 is 0. The van der Waals surface area contributed by atoms with Gasteiger partial charge in [-0.25, -0.2) is 0 Å². The van der Waals surface area contributed by atoms with Gasteiger partial charge in [-0.05, 0) is 32.1 Å². The van der Waals surface area contributed by atoms with Crippen LogP contribution in [-0.2, 0) is 9.59 Å². The summed E-state index contributed by atoms with van der Waals surface area (Å²) in [5, 5.41) is 6.04. The van der Waals surface area contributed by atoms with E-state index in [4.69, 9.17) is 0 Å².